The van der Waals surface area contributed by atoms with Crippen molar-refractivity contribution in [3.8, 4) is 11.5 Å². The topological polar surface area (TPSA) is 90.3 Å². The number of imidazole rings is 1. The van der Waals surface area contributed by atoms with Gasteiger partial charge in [0, 0.05) is 50.0 Å². The van der Waals surface area contributed by atoms with Crippen molar-refractivity contribution >= 4 is 34.4 Å². The van der Waals surface area contributed by atoms with Crippen molar-refractivity contribution in [1.82, 2.24) is 14.5 Å². The summed E-state index contributed by atoms with van der Waals surface area (Å²) in [6, 6.07) is 14.0. The SMILES string of the molecule is CC(=O)Nc1cc(Oc2ccc3c(c2)nc(Nc2ccc(F)c(C4(C)CCOC4)c2)n3C)ccn1. The highest BCUT2D eigenvalue weighted by molar-refractivity contribution is 5.87. The Bertz CT molecular complexity index is 1410. The van der Waals surface area contributed by atoms with Crippen molar-refractivity contribution in [2.24, 2.45) is 7.05 Å². The number of anilines is 3. The van der Waals surface area contributed by atoms with E-state index in [1.807, 2.05) is 42.8 Å². The third-order valence-corrected chi connectivity index (χ3v) is 6.22. The first-order valence-corrected chi connectivity index (χ1v) is 11.3. The van der Waals surface area contributed by atoms with Gasteiger partial charge in [-0.15, -0.1) is 0 Å². The maximum Gasteiger partial charge on any atom is 0.222 e. The molecule has 0 bridgehead atoms. The molecule has 2 aromatic carbocycles. The Morgan fingerprint density at radius 1 is 1.17 bits per heavy atom. The van der Waals surface area contributed by atoms with Crippen LogP contribution in [-0.2, 0) is 22.0 Å². The highest BCUT2D eigenvalue weighted by atomic mass is 19.1. The Morgan fingerprint density at radius 2 is 2.00 bits per heavy atom. The van der Waals surface area contributed by atoms with E-state index in [9.17, 15) is 9.18 Å². The summed E-state index contributed by atoms with van der Waals surface area (Å²) in [4.78, 5) is 20.1. The van der Waals surface area contributed by atoms with Gasteiger partial charge >= 0.3 is 0 Å². The zero-order valence-electron chi connectivity index (χ0n) is 19.8. The highest BCUT2D eigenvalue weighted by Gasteiger charge is 2.34. The fourth-order valence-electron chi connectivity index (χ4n) is 4.29. The van der Waals surface area contributed by atoms with Gasteiger partial charge in [-0.3, -0.25) is 4.79 Å². The van der Waals surface area contributed by atoms with E-state index in [2.05, 4.69) is 15.6 Å². The van der Waals surface area contributed by atoms with Crippen molar-refractivity contribution in [3.05, 3.63) is 66.1 Å². The van der Waals surface area contributed by atoms with Crippen LogP contribution in [0, 0.1) is 5.82 Å². The van der Waals surface area contributed by atoms with Crippen LogP contribution in [0.5, 0.6) is 11.5 Å². The van der Waals surface area contributed by atoms with Gasteiger partial charge in [0.25, 0.3) is 0 Å². The molecule has 1 aliphatic rings. The Morgan fingerprint density at radius 3 is 2.77 bits per heavy atom. The minimum atomic E-state index is -0.340. The minimum Gasteiger partial charge on any atom is -0.457 e. The van der Waals surface area contributed by atoms with Crippen molar-refractivity contribution in [1.29, 1.82) is 0 Å². The first kappa shape index (κ1) is 22.8. The quantitative estimate of drug-likeness (QED) is 0.394. The van der Waals surface area contributed by atoms with Gasteiger partial charge in [0.15, 0.2) is 0 Å². The summed E-state index contributed by atoms with van der Waals surface area (Å²) in [5.74, 6) is 1.74. The predicted octanol–water partition coefficient (Wildman–Crippen LogP) is 5.28. The number of fused-ring (bicyclic) bond motifs is 1. The van der Waals surface area contributed by atoms with Crippen molar-refractivity contribution in [2.75, 3.05) is 23.8 Å². The summed E-state index contributed by atoms with van der Waals surface area (Å²) < 4.78 is 28.0. The molecule has 9 heteroatoms. The third kappa shape index (κ3) is 4.67. The van der Waals surface area contributed by atoms with Crippen LogP contribution in [0.3, 0.4) is 0 Å². The molecular weight excluding hydrogens is 449 g/mol. The first-order valence-electron chi connectivity index (χ1n) is 11.3. The van der Waals surface area contributed by atoms with E-state index in [-0.39, 0.29) is 17.1 Å². The van der Waals surface area contributed by atoms with E-state index in [1.165, 1.54) is 13.0 Å². The molecule has 1 aliphatic heterocycles. The number of aromatic nitrogens is 3. The number of ether oxygens (including phenoxy) is 2. The number of aryl methyl sites for hydroxylation is 1. The largest absolute Gasteiger partial charge is 0.457 e. The van der Waals surface area contributed by atoms with E-state index in [1.54, 1.807) is 24.4 Å². The standard InChI is InChI=1S/C26H26FN5O3/c1-16(33)29-24-14-19(8-10-28-24)35-18-5-7-23-22(13-18)31-25(32(23)3)30-17-4-6-21(27)20(12-17)26(2)9-11-34-15-26/h4-8,10,12-14H,9,11,15H2,1-3H3,(H,30,31)(H,28,29,33). The van der Waals surface area contributed by atoms with Crippen LogP contribution in [0.2, 0.25) is 0 Å². The smallest absolute Gasteiger partial charge is 0.222 e. The molecule has 5 rings (SSSR count). The van der Waals surface area contributed by atoms with E-state index in [0.29, 0.717) is 42.0 Å². The summed E-state index contributed by atoms with van der Waals surface area (Å²) in [6.07, 6.45) is 2.35. The van der Waals surface area contributed by atoms with Gasteiger partial charge in [0.05, 0.1) is 17.6 Å². The average Bonchev–Trinajstić information content (AvgIpc) is 3.39. The molecule has 0 spiro atoms. The summed E-state index contributed by atoms with van der Waals surface area (Å²) in [5.41, 5.74) is 2.71. The molecule has 4 aromatic rings. The molecule has 180 valence electrons. The average molecular weight is 476 g/mol. The third-order valence-electron chi connectivity index (χ3n) is 6.22. The zero-order valence-corrected chi connectivity index (χ0v) is 19.8. The Labute approximate surface area is 202 Å². The van der Waals surface area contributed by atoms with Gasteiger partial charge in [0.2, 0.25) is 11.9 Å². The molecule has 1 unspecified atom stereocenters. The zero-order chi connectivity index (χ0) is 24.6. The molecule has 3 heterocycles. The van der Waals surface area contributed by atoms with Gasteiger partial charge in [-0.05, 0) is 48.4 Å². The monoisotopic (exact) mass is 475 g/mol. The second-order valence-electron chi connectivity index (χ2n) is 8.99. The van der Waals surface area contributed by atoms with Crippen LogP contribution < -0.4 is 15.4 Å². The summed E-state index contributed by atoms with van der Waals surface area (Å²) >= 11 is 0. The lowest BCUT2D eigenvalue weighted by molar-refractivity contribution is -0.114. The van der Waals surface area contributed by atoms with Crippen LogP contribution in [-0.4, -0.2) is 33.7 Å². The number of nitrogens with zero attached hydrogens (tertiary/aromatic N) is 3. The maximum absolute atomic E-state index is 14.6. The van der Waals surface area contributed by atoms with Crippen LogP contribution in [0.1, 0.15) is 25.8 Å². The fourth-order valence-corrected chi connectivity index (χ4v) is 4.29. The van der Waals surface area contributed by atoms with Gasteiger partial charge in [0.1, 0.15) is 23.1 Å². The molecule has 1 amide bonds. The predicted molar refractivity (Wildman–Crippen MR) is 132 cm³/mol. The molecule has 1 saturated heterocycles. The molecule has 2 N–H and O–H groups in total. The number of carbonyl (C=O) groups excluding carboxylic acids is 1. The lowest BCUT2D eigenvalue weighted by atomic mass is 9.81. The van der Waals surface area contributed by atoms with Crippen LogP contribution in [0.25, 0.3) is 11.0 Å². The van der Waals surface area contributed by atoms with Crippen LogP contribution >= 0.6 is 0 Å². The van der Waals surface area contributed by atoms with Crippen LogP contribution in [0.15, 0.2) is 54.7 Å². The number of carbonyl (C=O) groups is 1. The van der Waals surface area contributed by atoms with Gasteiger partial charge < -0.3 is 24.7 Å². The lowest BCUT2D eigenvalue weighted by Gasteiger charge is -2.23. The fraction of sp³-hybridized carbons (Fsp3) is 0.269. The van der Waals surface area contributed by atoms with E-state index in [0.717, 1.165) is 23.1 Å². The number of nitrogens with one attached hydrogen (secondary N) is 2. The number of pyridine rings is 1. The summed E-state index contributed by atoms with van der Waals surface area (Å²) in [5, 5.41) is 5.96. The van der Waals surface area contributed by atoms with Gasteiger partial charge in [-0.2, -0.15) is 0 Å². The van der Waals surface area contributed by atoms with E-state index >= 15 is 0 Å². The summed E-state index contributed by atoms with van der Waals surface area (Å²) in [7, 11) is 1.91. The van der Waals surface area contributed by atoms with E-state index < -0.39 is 0 Å². The second-order valence-corrected chi connectivity index (χ2v) is 8.99. The molecule has 1 fully saturated rings. The number of halogens is 1. The second kappa shape index (κ2) is 8.99. The Hall–Kier alpha value is -3.98. The molecule has 0 saturated carbocycles. The molecule has 1 atom stereocenters. The van der Waals surface area contributed by atoms with Crippen LogP contribution in [0.4, 0.5) is 21.8 Å². The Kier molecular flexibility index (Phi) is 5.86. The van der Waals surface area contributed by atoms with Crippen molar-refractivity contribution in [2.45, 2.75) is 25.7 Å². The number of rotatable bonds is 6. The molecular formula is C26H26FN5O3. The molecule has 2 aromatic heterocycles. The molecule has 35 heavy (non-hydrogen) atoms. The molecule has 0 aliphatic carbocycles. The van der Waals surface area contributed by atoms with Gasteiger partial charge in [-0.25, -0.2) is 14.4 Å². The summed E-state index contributed by atoms with van der Waals surface area (Å²) in [6.45, 7) is 4.59. The number of hydrogen-bond donors (Lipinski definition) is 2. The van der Waals surface area contributed by atoms with Crippen molar-refractivity contribution < 1.29 is 18.7 Å². The lowest BCUT2D eigenvalue weighted by Crippen LogP contribution is -2.23. The van der Waals surface area contributed by atoms with Crippen molar-refractivity contribution in [3.63, 3.8) is 0 Å². The minimum absolute atomic E-state index is 0.205. The number of hydrogen-bond acceptors (Lipinski definition) is 6. The molecule has 8 nitrogen and oxygen atoms in total. The normalized spacial score (nSPS) is 17.5. The maximum atomic E-state index is 14.6. The van der Waals surface area contributed by atoms with E-state index in [4.69, 9.17) is 14.5 Å². The molecule has 0 radical (unpaired) electrons. The highest BCUT2D eigenvalue weighted by Crippen LogP contribution is 2.36. The number of amides is 1. The first-order chi connectivity index (χ1) is 16.8. The van der Waals surface area contributed by atoms with Gasteiger partial charge in [-0.1, -0.05) is 6.92 Å². The number of benzene rings is 2. The Balaban J connectivity index is 1.39.